The molecule has 6 rings (SSSR count). The van der Waals surface area contributed by atoms with Crippen LogP contribution in [0.3, 0.4) is 0 Å². The standard InChI is InChI=1S/C29H32Cl2N6O3/c30-22-10-21(11-23(31)12-22)25-7-19(17-36-4-1-18(2-5-36)9-28(38)39)8-27(35-25)40-24-14-33-29(34-15-24)37-6-3-20-13-32-16-26(20)37/h7-8,10-12,14-15,18,20,26,32H,1-6,9,13,16-17H2,(H,38,39)/t20-,26+/m1/s1. The van der Waals surface area contributed by atoms with E-state index in [0.29, 0.717) is 45.9 Å². The SMILES string of the molecule is O=C(O)CC1CCN(Cc2cc(Oc3cnc(N4CC[C@@H]5CNC[C@@H]54)nc3)nc(-c3cc(Cl)cc(Cl)c3)c2)CC1. The molecule has 3 saturated heterocycles. The van der Waals surface area contributed by atoms with Crippen LogP contribution in [-0.4, -0.2) is 69.7 Å². The van der Waals surface area contributed by atoms with E-state index in [0.717, 1.165) is 69.1 Å². The average molecular weight is 584 g/mol. The van der Waals surface area contributed by atoms with Gasteiger partial charge in [0.15, 0.2) is 5.75 Å². The zero-order chi connectivity index (χ0) is 27.6. The van der Waals surface area contributed by atoms with Gasteiger partial charge >= 0.3 is 5.97 Å². The number of rotatable bonds is 8. The molecule has 0 aliphatic carbocycles. The van der Waals surface area contributed by atoms with Crippen molar-refractivity contribution in [2.45, 2.75) is 38.3 Å². The van der Waals surface area contributed by atoms with E-state index in [1.807, 2.05) is 24.3 Å². The summed E-state index contributed by atoms with van der Waals surface area (Å²) >= 11 is 12.6. The maximum absolute atomic E-state index is 11.1. The van der Waals surface area contributed by atoms with Gasteiger partial charge in [-0.2, -0.15) is 0 Å². The normalized spacial score (nSPS) is 21.5. The van der Waals surface area contributed by atoms with Crippen LogP contribution in [0, 0.1) is 11.8 Å². The Morgan fingerprint density at radius 2 is 1.75 bits per heavy atom. The van der Waals surface area contributed by atoms with Gasteiger partial charge in [-0.15, -0.1) is 0 Å². The van der Waals surface area contributed by atoms with Gasteiger partial charge in [-0.1, -0.05) is 23.2 Å². The number of nitrogens with zero attached hydrogens (tertiary/aromatic N) is 5. The molecule has 2 N–H and O–H groups in total. The van der Waals surface area contributed by atoms with Gasteiger partial charge in [0.1, 0.15) is 0 Å². The predicted molar refractivity (Wildman–Crippen MR) is 154 cm³/mol. The number of piperidine rings is 1. The molecule has 0 amide bonds. The number of pyridine rings is 1. The maximum Gasteiger partial charge on any atom is 0.303 e. The van der Waals surface area contributed by atoms with Gasteiger partial charge in [-0.05, 0) is 74.0 Å². The van der Waals surface area contributed by atoms with Crippen molar-refractivity contribution in [1.29, 1.82) is 0 Å². The number of halogens is 2. The van der Waals surface area contributed by atoms with Crippen LogP contribution in [0.25, 0.3) is 11.3 Å². The van der Waals surface area contributed by atoms with Crippen LogP contribution in [0.15, 0.2) is 42.7 Å². The second-order valence-corrected chi connectivity index (χ2v) is 11.8. The van der Waals surface area contributed by atoms with E-state index in [1.165, 1.54) is 0 Å². The smallest absolute Gasteiger partial charge is 0.303 e. The number of ether oxygens (including phenoxy) is 1. The third-order valence-corrected chi connectivity index (χ3v) is 8.57. The van der Waals surface area contributed by atoms with Gasteiger partial charge in [-0.25, -0.2) is 15.0 Å². The van der Waals surface area contributed by atoms with Crippen molar-refractivity contribution in [3.05, 3.63) is 58.3 Å². The Hall–Kier alpha value is -2.98. The Morgan fingerprint density at radius 3 is 2.48 bits per heavy atom. The largest absolute Gasteiger partial charge is 0.481 e. The highest BCUT2D eigenvalue weighted by molar-refractivity contribution is 6.35. The zero-order valence-corrected chi connectivity index (χ0v) is 23.6. The highest BCUT2D eigenvalue weighted by Gasteiger charge is 2.38. The molecule has 3 aliphatic heterocycles. The van der Waals surface area contributed by atoms with E-state index in [4.69, 9.17) is 38.0 Å². The van der Waals surface area contributed by atoms with Gasteiger partial charge in [0.2, 0.25) is 11.8 Å². The molecule has 0 radical (unpaired) electrons. The monoisotopic (exact) mass is 582 g/mol. The molecule has 0 saturated carbocycles. The number of fused-ring (bicyclic) bond motifs is 1. The Kier molecular flexibility index (Phi) is 8.07. The second kappa shape index (κ2) is 11.9. The van der Waals surface area contributed by atoms with Crippen molar-refractivity contribution in [2.75, 3.05) is 37.6 Å². The molecule has 3 aromatic rings. The van der Waals surface area contributed by atoms with Crippen molar-refractivity contribution in [3.63, 3.8) is 0 Å². The van der Waals surface area contributed by atoms with Crippen LogP contribution in [0.1, 0.15) is 31.2 Å². The summed E-state index contributed by atoms with van der Waals surface area (Å²) in [5.41, 5.74) is 2.53. The molecule has 0 spiro atoms. The first-order chi connectivity index (χ1) is 19.4. The highest BCUT2D eigenvalue weighted by Crippen LogP contribution is 2.33. The fourth-order valence-corrected chi connectivity index (χ4v) is 6.66. The molecule has 0 bridgehead atoms. The van der Waals surface area contributed by atoms with Crippen LogP contribution in [0.4, 0.5) is 5.95 Å². The van der Waals surface area contributed by atoms with Crippen molar-refractivity contribution in [2.24, 2.45) is 11.8 Å². The first kappa shape index (κ1) is 27.2. The topological polar surface area (TPSA) is 104 Å². The molecule has 0 unspecified atom stereocenters. The van der Waals surface area contributed by atoms with Crippen LogP contribution in [0.2, 0.25) is 10.0 Å². The number of aliphatic carboxylic acids is 1. The summed E-state index contributed by atoms with van der Waals surface area (Å²) in [6.07, 6.45) is 6.54. The average Bonchev–Trinajstić information content (AvgIpc) is 3.54. The molecule has 2 aromatic heterocycles. The Morgan fingerprint density at radius 1 is 1.00 bits per heavy atom. The number of anilines is 1. The van der Waals surface area contributed by atoms with Crippen molar-refractivity contribution in [3.8, 4) is 22.9 Å². The Balaban J connectivity index is 1.21. The molecular formula is C29H32Cl2N6O3. The van der Waals surface area contributed by atoms with E-state index >= 15 is 0 Å². The quantitative estimate of drug-likeness (QED) is 0.374. The molecule has 11 heteroatoms. The lowest BCUT2D eigenvalue weighted by molar-refractivity contribution is -0.138. The second-order valence-electron chi connectivity index (χ2n) is 11.0. The number of carboxylic acids is 1. The van der Waals surface area contributed by atoms with Gasteiger partial charge < -0.3 is 20.1 Å². The Labute approximate surface area is 243 Å². The number of carbonyl (C=O) groups is 1. The molecule has 5 heterocycles. The molecule has 210 valence electrons. The summed E-state index contributed by atoms with van der Waals surface area (Å²) in [5, 5.41) is 13.7. The lowest BCUT2D eigenvalue weighted by atomic mass is 9.93. The minimum absolute atomic E-state index is 0.230. The summed E-state index contributed by atoms with van der Waals surface area (Å²) in [7, 11) is 0. The summed E-state index contributed by atoms with van der Waals surface area (Å²) < 4.78 is 6.18. The van der Waals surface area contributed by atoms with Gasteiger partial charge in [0.25, 0.3) is 0 Å². The summed E-state index contributed by atoms with van der Waals surface area (Å²) in [6.45, 7) is 5.39. The minimum Gasteiger partial charge on any atom is -0.481 e. The third kappa shape index (κ3) is 6.33. The first-order valence-electron chi connectivity index (χ1n) is 13.8. The summed E-state index contributed by atoms with van der Waals surface area (Å²) in [4.78, 5) is 29.7. The van der Waals surface area contributed by atoms with Crippen LogP contribution in [0.5, 0.6) is 11.6 Å². The zero-order valence-electron chi connectivity index (χ0n) is 22.1. The first-order valence-corrected chi connectivity index (χ1v) is 14.5. The van der Waals surface area contributed by atoms with Crippen LogP contribution in [-0.2, 0) is 11.3 Å². The van der Waals surface area contributed by atoms with Crippen molar-refractivity contribution < 1.29 is 14.6 Å². The molecule has 2 atom stereocenters. The molecule has 3 aliphatic rings. The molecule has 40 heavy (non-hydrogen) atoms. The predicted octanol–water partition coefficient (Wildman–Crippen LogP) is 5.12. The number of hydrogen-bond donors (Lipinski definition) is 2. The number of benzene rings is 1. The van der Waals surface area contributed by atoms with E-state index in [9.17, 15) is 4.79 Å². The van der Waals surface area contributed by atoms with Crippen LogP contribution < -0.4 is 15.0 Å². The number of hydrogen-bond acceptors (Lipinski definition) is 8. The molecule has 1 aromatic carbocycles. The lowest BCUT2D eigenvalue weighted by Crippen LogP contribution is -2.35. The fourth-order valence-electron chi connectivity index (χ4n) is 6.13. The van der Waals surface area contributed by atoms with E-state index in [-0.39, 0.29) is 12.3 Å². The minimum atomic E-state index is -0.726. The molecular weight excluding hydrogens is 551 g/mol. The van der Waals surface area contributed by atoms with Gasteiger partial charge in [-0.3, -0.25) is 9.69 Å². The number of aromatic nitrogens is 3. The Bertz CT molecular complexity index is 1350. The van der Waals surface area contributed by atoms with Gasteiger partial charge in [0.05, 0.1) is 18.1 Å². The van der Waals surface area contributed by atoms with Crippen molar-refractivity contribution in [1.82, 2.24) is 25.2 Å². The summed E-state index contributed by atoms with van der Waals surface area (Å²) in [5.74, 6) is 1.84. The number of nitrogens with one attached hydrogen (secondary N) is 1. The highest BCUT2D eigenvalue weighted by atomic mass is 35.5. The fraction of sp³-hybridized carbons (Fsp3) is 0.448. The van der Waals surface area contributed by atoms with Gasteiger partial charge in [0, 0.05) is 60.3 Å². The third-order valence-electron chi connectivity index (χ3n) is 8.14. The number of likely N-dealkylation sites (tertiary alicyclic amines) is 1. The molecule has 3 fully saturated rings. The lowest BCUT2D eigenvalue weighted by Gasteiger charge is -2.31. The van der Waals surface area contributed by atoms with Crippen molar-refractivity contribution >= 4 is 35.1 Å². The summed E-state index contributed by atoms with van der Waals surface area (Å²) in [6, 6.07) is 9.77. The maximum atomic E-state index is 11.1. The van der Waals surface area contributed by atoms with E-state index < -0.39 is 5.97 Å². The van der Waals surface area contributed by atoms with E-state index in [1.54, 1.807) is 18.5 Å². The number of carboxylic acid groups (broad SMARTS) is 1. The van der Waals surface area contributed by atoms with E-state index in [2.05, 4.69) is 25.1 Å². The van der Waals surface area contributed by atoms with Crippen LogP contribution >= 0.6 is 23.2 Å². The molecule has 9 nitrogen and oxygen atoms in total.